The van der Waals surface area contributed by atoms with E-state index in [0.717, 1.165) is 17.7 Å². The van der Waals surface area contributed by atoms with Crippen molar-refractivity contribution in [3.63, 3.8) is 0 Å². The fraction of sp³-hybridized carbons (Fsp3) is 0.167. The molecule has 0 aliphatic carbocycles. The molecular formula is C18H18N4O2. The molecule has 6 heteroatoms. The van der Waals surface area contributed by atoms with E-state index >= 15 is 0 Å². The molecule has 122 valence electrons. The minimum Gasteiger partial charge on any atom is -0.339 e. The molecule has 0 unspecified atom stereocenters. The second kappa shape index (κ2) is 6.95. The van der Waals surface area contributed by atoms with Crippen molar-refractivity contribution < 1.29 is 9.32 Å². The van der Waals surface area contributed by atoms with Gasteiger partial charge >= 0.3 is 6.03 Å². The van der Waals surface area contributed by atoms with E-state index in [4.69, 9.17) is 4.52 Å². The summed E-state index contributed by atoms with van der Waals surface area (Å²) in [6.07, 6.45) is 0.925. The number of aryl methyl sites for hydroxylation is 2. The summed E-state index contributed by atoms with van der Waals surface area (Å²) in [6.45, 7) is 3.82. The molecule has 3 aromatic rings. The summed E-state index contributed by atoms with van der Waals surface area (Å²) in [5.74, 6) is 1.04. The highest BCUT2D eigenvalue weighted by Crippen LogP contribution is 2.19. The van der Waals surface area contributed by atoms with Gasteiger partial charge in [-0.05, 0) is 48.4 Å². The van der Waals surface area contributed by atoms with Crippen LogP contribution in [0.1, 0.15) is 18.4 Å². The van der Waals surface area contributed by atoms with Gasteiger partial charge in [0.05, 0.1) is 0 Å². The molecule has 0 saturated heterocycles. The number of benzene rings is 2. The summed E-state index contributed by atoms with van der Waals surface area (Å²) in [7, 11) is 0. The molecule has 0 fully saturated rings. The summed E-state index contributed by atoms with van der Waals surface area (Å²) < 4.78 is 4.96. The van der Waals surface area contributed by atoms with Gasteiger partial charge in [-0.2, -0.15) is 4.98 Å². The van der Waals surface area contributed by atoms with E-state index in [2.05, 4.69) is 27.7 Å². The van der Waals surface area contributed by atoms with Crippen molar-refractivity contribution in [1.29, 1.82) is 0 Å². The first-order valence-corrected chi connectivity index (χ1v) is 7.72. The van der Waals surface area contributed by atoms with Crippen molar-refractivity contribution in [2.45, 2.75) is 20.3 Å². The van der Waals surface area contributed by atoms with Crippen LogP contribution >= 0.6 is 0 Å². The molecule has 1 aromatic heterocycles. The molecule has 0 bridgehead atoms. The number of amides is 2. The van der Waals surface area contributed by atoms with E-state index in [9.17, 15) is 4.79 Å². The number of anilines is 2. The summed E-state index contributed by atoms with van der Waals surface area (Å²) in [6, 6.07) is 14.7. The number of nitrogens with zero attached hydrogens (tertiary/aromatic N) is 2. The van der Waals surface area contributed by atoms with Gasteiger partial charge in [0, 0.05) is 23.9 Å². The van der Waals surface area contributed by atoms with E-state index < -0.39 is 0 Å². The SMILES string of the molecule is CCc1cccc(NC(=O)Nc2ccc(-c3noc(C)n3)cc2)c1. The topological polar surface area (TPSA) is 80.0 Å². The molecule has 0 spiro atoms. The number of nitrogens with one attached hydrogen (secondary N) is 2. The first-order valence-electron chi connectivity index (χ1n) is 7.72. The highest BCUT2D eigenvalue weighted by molar-refractivity contribution is 5.99. The third-order valence-corrected chi connectivity index (χ3v) is 3.52. The summed E-state index contributed by atoms with van der Waals surface area (Å²) >= 11 is 0. The zero-order valence-corrected chi connectivity index (χ0v) is 13.5. The molecule has 0 aliphatic rings. The van der Waals surface area contributed by atoms with Crippen LogP contribution < -0.4 is 10.6 Å². The Bertz CT molecular complexity index is 840. The standard InChI is InChI=1S/C18H18N4O2/c1-3-13-5-4-6-16(11-13)21-18(23)20-15-9-7-14(8-10-15)17-19-12(2)24-22-17/h4-11H,3H2,1-2H3,(H2,20,21,23). The van der Waals surface area contributed by atoms with Crippen LogP contribution in [0.15, 0.2) is 53.1 Å². The molecule has 0 radical (unpaired) electrons. The number of carbonyl (C=O) groups is 1. The number of aromatic nitrogens is 2. The van der Waals surface area contributed by atoms with Crippen LogP contribution in [0.4, 0.5) is 16.2 Å². The summed E-state index contributed by atoms with van der Waals surface area (Å²) in [5, 5.41) is 9.49. The Morgan fingerprint density at radius 3 is 2.50 bits per heavy atom. The zero-order chi connectivity index (χ0) is 16.9. The molecule has 0 atom stereocenters. The number of rotatable bonds is 4. The minimum absolute atomic E-state index is 0.286. The summed E-state index contributed by atoms with van der Waals surface area (Å²) in [5.41, 5.74) is 3.45. The Labute approximate surface area is 139 Å². The lowest BCUT2D eigenvalue weighted by molar-refractivity contribution is 0.262. The molecule has 3 rings (SSSR count). The lowest BCUT2D eigenvalue weighted by Gasteiger charge is -2.09. The first-order chi connectivity index (χ1) is 11.6. The number of carbonyl (C=O) groups excluding carboxylic acids is 1. The van der Waals surface area contributed by atoms with Crippen LogP contribution in [0.3, 0.4) is 0 Å². The van der Waals surface area contributed by atoms with Crippen molar-refractivity contribution in [3.8, 4) is 11.4 Å². The Morgan fingerprint density at radius 1 is 1.08 bits per heavy atom. The van der Waals surface area contributed by atoms with Crippen LogP contribution in [0.5, 0.6) is 0 Å². The molecule has 0 aliphatic heterocycles. The van der Waals surface area contributed by atoms with E-state index in [1.165, 1.54) is 5.56 Å². The van der Waals surface area contributed by atoms with Crippen molar-refractivity contribution >= 4 is 17.4 Å². The Kier molecular flexibility index (Phi) is 4.56. The van der Waals surface area contributed by atoms with Crippen molar-refractivity contribution in [2.24, 2.45) is 0 Å². The number of urea groups is 1. The predicted octanol–water partition coefficient (Wildman–Crippen LogP) is 4.25. The fourth-order valence-corrected chi connectivity index (χ4v) is 2.28. The number of hydrogen-bond donors (Lipinski definition) is 2. The normalized spacial score (nSPS) is 10.4. The lowest BCUT2D eigenvalue weighted by Crippen LogP contribution is -2.19. The van der Waals surface area contributed by atoms with Gasteiger partial charge in [0.1, 0.15) is 0 Å². The Hall–Kier alpha value is -3.15. The second-order valence-corrected chi connectivity index (χ2v) is 5.35. The summed E-state index contributed by atoms with van der Waals surface area (Å²) in [4.78, 5) is 16.2. The monoisotopic (exact) mass is 322 g/mol. The van der Waals surface area contributed by atoms with Crippen LogP contribution in [0.25, 0.3) is 11.4 Å². The van der Waals surface area contributed by atoms with Crippen molar-refractivity contribution in [2.75, 3.05) is 10.6 Å². The average molecular weight is 322 g/mol. The van der Waals surface area contributed by atoms with E-state index in [-0.39, 0.29) is 6.03 Å². The maximum atomic E-state index is 12.1. The Balaban J connectivity index is 1.64. The first kappa shape index (κ1) is 15.7. The Morgan fingerprint density at radius 2 is 1.83 bits per heavy atom. The van der Waals surface area contributed by atoms with Gasteiger partial charge in [-0.25, -0.2) is 4.79 Å². The molecule has 1 heterocycles. The van der Waals surface area contributed by atoms with Gasteiger partial charge in [0.15, 0.2) is 0 Å². The highest BCUT2D eigenvalue weighted by Gasteiger charge is 2.07. The minimum atomic E-state index is -0.286. The molecule has 6 nitrogen and oxygen atoms in total. The highest BCUT2D eigenvalue weighted by atomic mass is 16.5. The van der Waals surface area contributed by atoms with Gasteiger partial charge in [-0.1, -0.05) is 24.2 Å². The number of hydrogen-bond acceptors (Lipinski definition) is 4. The second-order valence-electron chi connectivity index (χ2n) is 5.35. The van der Waals surface area contributed by atoms with Crippen molar-refractivity contribution in [3.05, 3.63) is 60.0 Å². The van der Waals surface area contributed by atoms with Crippen LogP contribution in [-0.4, -0.2) is 16.2 Å². The zero-order valence-electron chi connectivity index (χ0n) is 13.5. The van der Waals surface area contributed by atoms with E-state index in [1.54, 1.807) is 19.1 Å². The molecule has 24 heavy (non-hydrogen) atoms. The third kappa shape index (κ3) is 3.78. The van der Waals surface area contributed by atoms with Crippen LogP contribution in [0.2, 0.25) is 0 Å². The fourth-order valence-electron chi connectivity index (χ4n) is 2.28. The van der Waals surface area contributed by atoms with Gasteiger partial charge in [-0.15, -0.1) is 0 Å². The molecule has 0 saturated carbocycles. The smallest absolute Gasteiger partial charge is 0.323 e. The van der Waals surface area contributed by atoms with Gasteiger partial charge < -0.3 is 15.2 Å². The van der Waals surface area contributed by atoms with Gasteiger partial charge in [0.25, 0.3) is 0 Å². The predicted molar refractivity (Wildman–Crippen MR) is 92.9 cm³/mol. The largest absolute Gasteiger partial charge is 0.339 e. The lowest BCUT2D eigenvalue weighted by atomic mass is 10.1. The quantitative estimate of drug-likeness (QED) is 0.752. The average Bonchev–Trinajstić information content (AvgIpc) is 3.02. The molecule has 2 N–H and O–H groups in total. The van der Waals surface area contributed by atoms with Crippen molar-refractivity contribution in [1.82, 2.24) is 10.1 Å². The van der Waals surface area contributed by atoms with Crippen LogP contribution in [0, 0.1) is 6.92 Å². The van der Waals surface area contributed by atoms with Gasteiger partial charge in [0.2, 0.25) is 11.7 Å². The molecule has 2 amide bonds. The maximum Gasteiger partial charge on any atom is 0.323 e. The molecular weight excluding hydrogens is 304 g/mol. The molecule has 2 aromatic carbocycles. The van der Waals surface area contributed by atoms with E-state index in [1.807, 2.05) is 36.4 Å². The third-order valence-electron chi connectivity index (χ3n) is 3.52. The maximum absolute atomic E-state index is 12.1. The van der Waals surface area contributed by atoms with E-state index in [0.29, 0.717) is 17.4 Å². The van der Waals surface area contributed by atoms with Crippen LogP contribution in [-0.2, 0) is 6.42 Å². The van der Waals surface area contributed by atoms with Gasteiger partial charge in [-0.3, -0.25) is 0 Å².